The van der Waals surface area contributed by atoms with Crippen LogP contribution in [0.2, 0.25) is 10.0 Å². The zero-order chi connectivity index (χ0) is 20.0. The van der Waals surface area contributed by atoms with Gasteiger partial charge in [0, 0.05) is 18.8 Å². The summed E-state index contributed by atoms with van der Waals surface area (Å²) in [5.41, 5.74) is 0.562. The Labute approximate surface area is 165 Å². The lowest BCUT2D eigenvalue weighted by atomic mass is 10.2. The number of carbonyl (C=O) groups excluding carboxylic acids is 2. The predicted molar refractivity (Wildman–Crippen MR) is 104 cm³/mol. The Hall–Kier alpha value is -2.84. The van der Waals surface area contributed by atoms with Crippen LogP contribution in [-0.4, -0.2) is 41.8 Å². The van der Waals surface area contributed by atoms with Gasteiger partial charge in [-0.3, -0.25) is 19.7 Å². The van der Waals surface area contributed by atoms with E-state index in [1.54, 1.807) is 24.3 Å². The summed E-state index contributed by atoms with van der Waals surface area (Å²) in [5, 5.41) is 16.7. The fourth-order valence-electron chi connectivity index (χ4n) is 2.13. The minimum atomic E-state index is -0.611. The van der Waals surface area contributed by atoms with Crippen molar-refractivity contribution in [3.63, 3.8) is 0 Å². The third kappa shape index (κ3) is 5.83. The second-order valence-electron chi connectivity index (χ2n) is 5.55. The van der Waals surface area contributed by atoms with Crippen LogP contribution < -0.4 is 10.6 Å². The maximum Gasteiger partial charge on any atom is 0.289 e. The van der Waals surface area contributed by atoms with Crippen LogP contribution >= 0.6 is 23.2 Å². The van der Waals surface area contributed by atoms with Crippen LogP contribution in [0.25, 0.3) is 0 Å². The number of amides is 2. The van der Waals surface area contributed by atoms with Crippen molar-refractivity contribution in [1.29, 1.82) is 0 Å². The van der Waals surface area contributed by atoms with Crippen molar-refractivity contribution in [2.75, 3.05) is 30.8 Å². The number of rotatable bonds is 7. The van der Waals surface area contributed by atoms with Crippen molar-refractivity contribution < 1.29 is 14.5 Å². The Kier molecular flexibility index (Phi) is 6.98. The summed E-state index contributed by atoms with van der Waals surface area (Å²) in [6.45, 7) is -0.318. The van der Waals surface area contributed by atoms with Crippen LogP contribution in [0.1, 0.15) is 0 Å². The van der Waals surface area contributed by atoms with Crippen LogP contribution in [0.4, 0.5) is 17.1 Å². The molecule has 0 atom stereocenters. The number of nitrogens with zero attached hydrogens (tertiary/aromatic N) is 2. The molecule has 0 aliphatic rings. The highest BCUT2D eigenvalue weighted by Gasteiger charge is 2.16. The minimum Gasteiger partial charge on any atom is -0.376 e. The molecule has 0 aliphatic carbocycles. The molecule has 0 heterocycles. The number of para-hydroxylation sites is 1. The van der Waals surface area contributed by atoms with E-state index < -0.39 is 10.8 Å². The molecule has 0 aliphatic heterocycles. The van der Waals surface area contributed by atoms with Gasteiger partial charge in [-0.15, -0.1) is 0 Å². The quantitative estimate of drug-likeness (QED) is 0.537. The van der Waals surface area contributed by atoms with E-state index in [0.29, 0.717) is 16.4 Å². The number of nitro groups is 1. The third-order valence-electron chi connectivity index (χ3n) is 3.54. The van der Waals surface area contributed by atoms with Gasteiger partial charge in [-0.1, -0.05) is 35.3 Å². The number of benzene rings is 2. The molecule has 0 radical (unpaired) electrons. The van der Waals surface area contributed by atoms with Gasteiger partial charge in [0.05, 0.1) is 28.7 Å². The molecule has 0 saturated carbocycles. The summed E-state index contributed by atoms with van der Waals surface area (Å²) in [6, 6.07) is 10.9. The second-order valence-corrected chi connectivity index (χ2v) is 6.37. The fourth-order valence-corrected chi connectivity index (χ4v) is 2.50. The molecule has 0 spiro atoms. The number of hydrogen-bond acceptors (Lipinski definition) is 5. The average Bonchev–Trinajstić information content (AvgIpc) is 2.62. The fraction of sp³-hybridized carbons (Fsp3) is 0.176. The normalized spacial score (nSPS) is 10.2. The Morgan fingerprint density at radius 1 is 1.15 bits per heavy atom. The first-order valence-corrected chi connectivity index (χ1v) is 8.49. The minimum absolute atomic E-state index is 0.00485. The second kappa shape index (κ2) is 9.20. The van der Waals surface area contributed by atoms with E-state index >= 15 is 0 Å². The molecule has 0 bridgehead atoms. The summed E-state index contributed by atoms with van der Waals surface area (Å²) >= 11 is 11.7. The van der Waals surface area contributed by atoms with E-state index in [9.17, 15) is 19.7 Å². The van der Waals surface area contributed by atoms with E-state index in [1.165, 1.54) is 30.1 Å². The van der Waals surface area contributed by atoms with Crippen LogP contribution in [0.15, 0.2) is 42.5 Å². The van der Waals surface area contributed by atoms with Gasteiger partial charge in [-0.05, 0) is 24.3 Å². The summed E-state index contributed by atoms with van der Waals surface area (Å²) in [7, 11) is 1.47. The first kappa shape index (κ1) is 20.5. The molecule has 2 rings (SSSR count). The molecule has 27 heavy (non-hydrogen) atoms. The number of carbonyl (C=O) groups is 2. The number of hydrogen-bond donors (Lipinski definition) is 2. The highest BCUT2D eigenvalue weighted by molar-refractivity contribution is 6.33. The molecular weight excluding hydrogens is 395 g/mol. The first-order valence-electron chi connectivity index (χ1n) is 7.74. The Morgan fingerprint density at radius 3 is 2.52 bits per heavy atom. The van der Waals surface area contributed by atoms with E-state index in [-0.39, 0.29) is 29.7 Å². The largest absolute Gasteiger partial charge is 0.376 e. The Bertz CT molecular complexity index is 876. The lowest BCUT2D eigenvalue weighted by Crippen LogP contribution is -2.38. The lowest BCUT2D eigenvalue weighted by Gasteiger charge is -2.18. The van der Waals surface area contributed by atoms with E-state index in [4.69, 9.17) is 23.2 Å². The molecule has 10 heteroatoms. The first-order chi connectivity index (χ1) is 12.8. The standard InChI is InChI=1S/C17H16Cl2N4O4/c1-22(10-16(24)21-14-5-3-2-4-12(14)18)17(25)9-20-11-6-7-13(19)15(8-11)23(26)27/h2-8,20H,9-10H2,1H3,(H,21,24). The number of anilines is 2. The summed E-state index contributed by atoms with van der Waals surface area (Å²) < 4.78 is 0. The van der Waals surface area contributed by atoms with Crippen molar-refractivity contribution in [2.24, 2.45) is 0 Å². The van der Waals surface area contributed by atoms with E-state index in [2.05, 4.69) is 10.6 Å². The van der Waals surface area contributed by atoms with Crippen molar-refractivity contribution in [3.05, 3.63) is 62.6 Å². The highest BCUT2D eigenvalue weighted by Crippen LogP contribution is 2.27. The van der Waals surface area contributed by atoms with Crippen molar-refractivity contribution >= 4 is 52.1 Å². The molecule has 2 aromatic carbocycles. The Balaban J connectivity index is 1.88. The molecule has 2 aromatic rings. The number of nitrogens with one attached hydrogen (secondary N) is 2. The van der Waals surface area contributed by atoms with Gasteiger partial charge in [-0.2, -0.15) is 0 Å². The van der Waals surface area contributed by atoms with Crippen molar-refractivity contribution in [2.45, 2.75) is 0 Å². The summed E-state index contributed by atoms with van der Waals surface area (Å²) in [6.07, 6.45) is 0. The number of likely N-dealkylation sites (N-methyl/N-ethyl adjacent to an activating group) is 1. The van der Waals surface area contributed by atoms with Gasteiger partial charge >= 0.3 is 0 Å². The predicted octanol–water partition coefficient (Wildman–Crippen LogP) is 3.41. The number of halogens is 2. The van der Waals surface area contributed by atoms with Gasteiger partial charge < -0.3 is 15.5 Å². The third-order valence-corrected chi connectivity index (χ3v) is 4.19. The van der Waals surface area contributed by atoms with Crippen molar-refractivity contribution in [3.8, 4) is 0 Å². The van der Waals surface area contributed by atoms with Gasteiger partial charge in [-0.25, -0.2) is 0 Å². The average molecular weight is 411 g/mol. The highest BCUT2D eigenvalue weighted by atomic mass is 35.5. The van der Waals surface area contributed by atoms with Gasteiger partial charge in [0.25, 0.3) is 5.69 Å². The molecule has 0 aromatic heterocycles. The van der Waals surface area contributed by atoms with Gasteiger partial charge in [0.2, 0.25) is 11.8 Å². The van der Waals surface area contributed by atoms with E-state index in [1.807, 2.05) is 0 Å². The molecular formula is C17H16Cl2N4O4. The molecule has 2 N–H and O–H groups in total. The van der Waals surface area contributed by atoms with Crippen LogP contribution in [0.5, 0.6) is 0 Å². The summed E-state index contributed by atoms with van der Waals surface area (Å²) in [4.78, 5) is 35.7. The monoisotopic (exact) mass is 410 g/mol. The molecule has 0 unspecified atom stereocenters. The lowest BCUT2D eigenvalue weighted by molar-refractivity contribution is -0.384. The SMILES string of the molecule is CN(CC(=O)Nc1ccccc1Cl)C(=O)CNc1ccc(Cl)c([N+](=O)[O-])c1. The van der Waals surface area contributed by atoms with Crippen molar-refractivity contribution in [1.82, 2.24) is 4.90 Å². The maximum absolute atomic E-state index is 12.2. The molecule has 2 amide bonds. The molecule has 142 valence electrons. The molecule has 8 nitrogen and oxygen atoms in total. The van der Waals surface area contributed by atoms with Crippen LogP contribution in [0, 0.1) is 10.1 Å². The number of nitro benzene ring substituents is 1. The topological polar surface area (TPSA) is 105 Å². The van der Waals surface area contributed by atoms with Gasteiger partial charge in [0.1, 0.15) is 5.02 Å². The summed E-state index contributed by atoms with van der Waals surface area (Å²) in [5.74, 6) is -0.775. The zero-order valence-electron chi connectivity index (χ0n) is 14.2. The maximum atomic E-state index is 12.2. The van der Waals surface area contributed by atoms with Crippen LogP contribution in [0.3, 0.4) is 0 Å². The Morgan fingerprint density at radius 2 is 1.85 bits per heavy atom. The van der Waals surface area contributed by atoms with Crippen LogP contribution in [-0.2, 0) is 9.59 Å². The molecule has 0 saturated heterocycles. The van der Waals surface area contributed by atoms with Gasteiger partial charge in [0.15, 0.2) is 0 Å². The molecule has 0 fully saturated rings. The van der Waals surface area contributed by atoms with E-state index in [0.717, 1.165) is 0 Å². The zero-order valence-corrected chi connectivity index (χ0v) is 15.8. The smallest absolute Gasteiger partial charge is 0.289 e.